The SMILES string of the molecule is c1ccc(-n2c3ccccc3c3ccc(-c4nc5oc6ccccc6c5nc4-n4c5cc6ccccc6cc5c5c6c7ccccc7c7ccccc7c6ccc54)cc32)cc1. The molecule has 14 aromatic rings. The summed E-state index contributed by atoms with van der Waals surface area (Å²) >= 11 is 0. The predicted molar refractivity (Wildman–Crippen MR) is 253 cm³/mol. The molecule has 0 radical (unpaired) electrons. The van der Waals surface area contributed by atoms with Gasteiger partial charge in [-0.2, -0.15) is 0 Å². The van der Waals surface area contributed by atoms with E-state index in [4.69, 9.17) is 14.4 Å². The van der Waals surface area contributed by atoms with E-state index in [0.29, 0.717) is 5.71 Å². The highest BCUT2D eigenvalue weighted by Crippen LogP contribution is 2.46. The Hall–Kier alpha value is -8.28. The molecule has 0 saturated heterocycles. The molecule has 0 N–H and O–H groups in total. The summed E-state index contributed by atoms with van der Waals surface area (Å²) in [4.78, 5) is 11.1. The van der Waals surface area contributed by atoms with Crippen LogP contribution in [0.5, 0.6) is 0 Å². The third-order valence-corrected chi connectivity index (χ3v) is 12.9. The minimum Gasteiger partial charge on any atom is -0.436 e. The minimum absolute atomic E-state index is 0.512. The van der Waals surface area contributed by atoms with Crippen LogP contribution in [0, 0.1) is 0 Å². The number of benzene rings is 10. The maximum atomic E-state index is 6.51. The van der Waals surface area contributed by atoms with Crippen LogP contribution < -0.4 is 0 Å². The van der Waals surface area contributed by atoms with Crippen molar-refractivity contribution in [1.29, 1.82) is 0 Å². The third kappa shape index (κ3) is 4.49. The van der Waals surface area contributed by atoms with Crippen LogP contribution in [0.15, 0.2) is 199 Å². The van der Waals surface area contributed by atoms with Crippen LogP contribution in [0.25, 0.3) is 132 Å². The van der Waals surface area contributed by atoms with Gasteiger partial charge in [0.2, 0.25) is 5.71 Å². The van der Waals surface area contributed by atoms with Crippen LogP contribution in [0.1, 0.15) is 0 Å². The molecule has 61 heavy (non-hydrogen) atoms. The highest BCUT2D eigenvalue weighted by molar-refractivity contribution is 6.36. The number of hydrogen-bond acceptors (Lipinski definition) is 3. The Morgan fingerprint density at radius 3 is 1.75 bits per heavy atom. The molecule has 0 aliphatic rings. The summed E-state index contributed by atoms with van der Waals surface area (Å²) in [7, 11) is 0. The lowest BCUT2D eigenvalue weighted by atomic mass is 9.91. The summed E-state index contributed by atoms with van der Waals surface area (Å²) in [6.45, 7) is 0. The number of furan rings is 1. The molecule has 282 valence electrons. The first-order chi connectivity index (χ1) is 30.3. The number of aromatic nitrogens is 4. The molecule has 5 nitrogen and oxygen atoms in total. The average Bonchev–Trinajstić information content (AvgIpc) is 3.97. The van der Waals surface area contributed by atoms with Gasteiger partial charge in [-0.25, -0.2) is 9.97 Å². The molecule has 0 amide bonds. The van der Waals surface area contributed by atoms with Gasteiger partial charge in [-0.1, -0.05) is 140 Å². The number of rotatable bonds is 3. The Labute approximate surface area is 347 Å². The topological polar surface area (TPSA) is 48.8 Å². The van der Waals surface area contributed by atoms with Gasteiger partial charge in [-0.3, -0.25) is 4.57 Å². The maximum absolute atomic E-state index is 6.51. The summed E-state index contributed by atoms with van der Waals surface area (Å²) in [5, 5.41) is 15.5. The molecule has 4 aromatic heterocycles. The summed E-state index contributed by atoms with van der Waals surface area (Å²) in [6, 6.07) is 69.7. The Morgan fingerprint density at radius 1 is 0.361 bits per heavy atom. The van der Waals surface area contributed by atoms with Crippen molar-refractivity contribution in [3.63, 3.8) is 0 Å². The van der Waals surface area contributed by atoms with E-state index >= 15 is 0 Å². The van der Waals surface area contributed by atoms with Crippen LogP contribution in [-0.2, 0) is 0 Å². The smallest absolute Gasteiger partial charge is 0.247 e. The van der Waals surface area contributed by atoms with Gasteiger partial charge >= 0.3 is 0 Å². The van der Waals surface area contributed by atoms with Gasteiger partial charge in [0.05, 0.1) is 22.1 Å². The van der Waals surface area contributed by atoms with Gasteiger partial charge in [0.1, 0.15) is 16.8 Å². The predicted octanol–water partition coefficient (Wildman–Crippen LogP) is 14.8. The molecule has 5 heteroatoms. The Bertz CT molecular complexity index is 4140. The molecule has 0 bridgehead atoms. The molecule has 0 spiro atoms. The van der Waals surface area contributed by atoms with Gasteiger partial charge < -0.3 is 8.98 Å². The molecule has 4 heterocycles. The van der Waals surface area contributed by atoms with Crippen molar-refractivity contribution in [1.82, 2.24) is 19.1 Å². The molecular weight excluding hydrogens is 745 g/mol. The van der Waals surface area contributed by atoms with Crippen LogP contribution in [0.2, 0.25) is 0 Å². The van der Waals surface area contributed by atoms with E-state index in [-0.39, 0.29) is 0 Å². The second-order valence-electron chi connectivity index (χ2n) is 16.1. The molecule has 0 aliphatic carbocycles. The second-order valence-corrected chi connectivity index (χ2v) is 16.1. The van der Waals surface area contributed by atoms with E-state index in [1.807, 2.05) is 18.2 Å². The quantitative estimate of drug-likeness (QED) is 0.168. The average molecular weight is 777 g/mol. The van der Waals surface area contributed by atoms with E-state index in [2.05, 4.69) is 185 Å². The summed E-state index contributed by atoms with van der Waals surface area (Å²) in [5.41, 5.74) is 9.20. The maximum Gasteiger partial charge on any atom is 0.247 e. The van der Waals surface area contributed by atoms with E-state index in [9.17, 15) is 0 Å². The van der Waals surface area contributed by atoms with E-state index < -0.39 is 0 Å². The largest absolute Gasteiger partial charge is 0.436 e. The number of nitrogens with zero attached hydrogens (tertiary/aromatic N) is 4. The molecule has 0 aliphatic heterocycles. The van der Waals surface area contributed by atoms with Gasteiger partial charge in [0, 0.05) is 43.6 Å². The highest BCUT2D eigenvalue weighted by atomic mass is 16.3. The standard InChI is InChI=1S/C56H32N4O/c1-2-16-36(17-3-1)59-46-24-12-10-21-40(46)41-27-26-35(32-48(41)59)53-55(57-54-44-23-11-13-25-50(44)61-56(54)58-53)60-47-29-28-43-39-20-7-6-18-37(39)38-19-8-9-22-42(38)51(43)52(47)45-30-33-14-4-5-15-34(33)31-49(45)60/h1-32H. The van der Waals surface area contributed by atoms with Gasteiger partial charge in [0.15, 0.2) is 5.82 Å². The summed E-state index contributed by atoms with van der Waals surface area (Å²) < 4.78 is 11.2. The van der Waals surface area contributed by atoms with E-state index in [1.54, 1.807) is 0 Å². The van der Waals surface area contributed by atoms with E-state index in [0.717, 1.165) is 66.7 Å². The van der Waals surface area contributed by atoms with Crippen molar-refractivity contribution in [2.45, 2.75) is 0 Å². The van der Waals surface area contributed by atoms with Crippen LogP contribution in [0.4, 0.5) is 0 Å². The fourth-order valence-corrected chi connectivity index (χ4v) is 10.3. The van der Waals surface area contributed by atoms with Crippen LogP contribution in [0.3, 0.4) is 0 Å². The fraction of sp³-hybridized carbons (Fsp3) is 0. The first kappa shape index (κ1) is 32.7. The van der Waals surface area contributed by atoms with Crippen molar-refractivity contribution >= 4 is 109 Å². The zero-order valence-electron chi connectivity index (χ0n) is 32.7. The number of hydrogen-bond donors (Lipinski definition) is 0. The van der Waals surface area contributed by atoms with Crippen molar-refractivity contribution in [3.05, 3.63) is 194 Å². The zero-order valence-corrected chi connectivity index (χ0v) is 32.7. The first-order valence-corrected chi connectivity index (χ1v) is 20.7. The number of para-hydroxylation sites is 3. The summed E-state index contributed by atoms with van der Waals surface area (Å²) in [5.74, 6) is 0.750. The first-order valence-electron chi connectivity index (χ1n) is 20.7. The van der Waals surface area contributed by atoms with E-state index in [1.165, 1.54) is 59.2 Å². The van der Waals surface area contributed by atoms with Gasteiger partial charge in [-0.05, 0) is 92.3 Å². The number of fused-ring (bicyclic) bond motifs is 17. The fourth-order valence-electron chi connectivity index (χ4n) is 10.3. The van der Waals surface area contributed by atoms with Crippen molar-refractivity contribution in [2.75, 3.05) is 0 Å². The normalized spacial score (nSPS) is 12.3. The lowest BCUT2D eigenvalue weighted by Crippen LogP contribution is -2.03. The van der Waals surface area contributed by atoms with Gasteiger partial charge in [0.25, 0.3) is 0 Å². The highest BCUT2D eigenvalue weighted by Gasteiger charge is 2.25. The molecule has 0 saturated carbocycles. The van der Waals surface area contributed by atoms with Crippen molar-refractivity contribution < 1.29 is 4.42 Å². The second kappa shape index (κ2) is 12.1. The molecular formula is C56H32N4O. The Kier molecular flexibility index (Phi) is 6.49. The van der Waals surface area contributed by atoms with Gasteiger partial charge in [-0.15, -0.1) is 0 Å². The minimum atomic E-state index is 0.512. The Balaban J connectivity index is 1.17. The Morgan fingerprint density at radius 2 is 0.951 bits per heavy atom. The summed E-state index contributed by atoms with van der Waals surface area (Å²) in [6.07, 6.45) is 0. The van der Waals surface area contributed by atoms with Crippen LogP contribution >= 0.6 is 0 Å². The lowest BCUT2D eigenvalue weighted by molar-refractivity contribution is 0.653. The molecule has 10 aromatic carbocycles. The molecule has 0 atom stereocenters. The molecule has 0 unspecified atom stereocenters. The lowest BCUT2D eigenvalue weighted by Gasteiger charge is -2.14. The van der Waals surface area contributed by atoms with Crippen molar-refractivity contribution in [2.24, 2.45) is 0 Å². The third-order valence-electron chi connectivity index (χ3n) is 12.9. The van der Waals surface area contributed by atoms with Crippen LogP contribution in [-0.4, -0.2) is 19.1 Å². The zero-order chi connectivity index (χ0) is 39.8. The monoisotopic (exact) mass is 776 g/mol. The molecule has 0 fully saturated rings. The molecule has 14 rings (SSSR count). The van der Waals surface area contributed by atoms with Crippen molar-refractivity contribution in [3.8, 4) is 22.8 Å².